The molecule has 1 aromatic heterocycles. The van der Waals surface area contributed by atoms with Gasteiger partial charge >= 0.3 is 0 Å². The van der Waals surface area contributed by atoms with E-state index in [-0.39, 0.29) is 11.7 Å². The van der Waals surface area contributed by atoms with E-state index in [4.69, 9.17) is 0 Å². The topological polar surface area (TPSA) is 50.3 Å². The number of aromatic nitrogens is 1. The molecule has 4 nitrogen and oxygen atoms in total. The Labute approximate surface area is 85.6 Å². The molecule has 0 aliphatic carbocycles. The van der Waals surface area contributed by atoms with Crippen LogP contribution in [0.5, 0.6) is 0 Å². The Morgan fingerprint density at radius 3 is 2.93 bits per heavy atom. The SMILES string of the molecule is O=C1CCN(CCc2nccs2)C1=O. The molecule has 2 rings (SSSR count). The maximum atomic E-state index is 11.2. The zero-order valence-electron chi connectivity index (χ0n) is 7.60. The number of carbonyl (C=O) groups excluding carboxylic acids is 2. The van der Waals surface area contributed by atoms with Crippen molar-refractivity contribution in [1.82, 2.24) is 9.88 Å². The van der Waals surface area contributed by atoms with E-state index in [1.54, 1.807) is 22.4 Å². The lowest BCUT2D eigenvalue weighted by molar-refractivity contribution is -0.139. The van der Waals surface area contributed by atoms with Gasteiger partial charge in [-0.25, -0.2) is 4.98 Å². The second-order valence-electron chi connectivity index (χ2n) is 3.14. The normalized spacial score (nSPS) is 16.7. The molecule has 0 spiro atoms. The highest BCUT2D eigenvalue weighted by Crippen LogP contribution is 2.10. The van der Waals surface area contributed by atoms with Crippen molar-refractivity contribution in [3.8, 4) is 0 Å². The summed E-state index contributed by atoms with van der Waals surface area (Å²) in [4.78, 5) is 27.9. The fourth-order valence-electron chi connectivity index (χ4n) is 1.44. The van der Waals surface area contributed by atoms with E-state index >= 15 is 0 Å². The third-order valence-electron chi connectivity index (χ3n) is 2.21. The van der Waals surface area contributed by atoms with Crippen molar-refractivity contribution in [2.45, 2.75) is 12.8 Å². The molecule has 1 aromatic rings. The molecule has 0 atom stereocenters. The van der Waals surface area contributed by atoms with Crippen LogP contribution in [-0.2, 0) is 16.0 Å². The molecular weight excluding hydrogens is 200 g/mol. The van der Waals surface area contributed by atoms with Crippen LogP contribution in [0.1, 0.15) is 11.4 Å². The van der Waals surface area contributed by atoms with E-state index in [0.717, 1.165) is 11.4 Å². The lowest BCUT2D eigenvalue weighted by Crippen LogP contribution is -2.29. The maximum Gasteiger partial charge on any atom is 0.290 e. The van der Waals surface area contributed by atoms with Gasteiger partial charge in [0.05, 0.1) is 5.01 Å². The third kappa shape index (κ3) is 1.82. The van der Waals surface area contributed by atoms with Crippen LogP contribution < -0.4 is 0 Å². The average Bonchev–Trinajstić information content (AvgIpc) is 2.77. The number of amides is 1. The van der Waals surface area contributed by atoms with Gasteiger partial charge in [-0.1, -0.05) is 0 Å². The van der Waals surface area contributed by atoms with Gasteiger partial charge in [0.1, 0.15) is 0 Å². The molecule has 0 unspecified atom stereocenters. The van der Waals surface area contributed by atoms with Crippen LogP contribution in [-0.4, -0.2) is 34.7 Å². The van der Waals surface area contributed by atoms with E-state index in [1.807, 2.05) is 5.38 Å². The van der Waals surface area contributed by atoms with Crippen molar-refractivity contribution in [3.63, 3.8) is 0 Å². The average molecular weight is 210 g/mol. The first-order chi connectivity index (χ1) is 6.77. The number of Topliss-reactive ketones (excluding diaryl/α,β-unsaturated/α-hetero) is 1. The van der Waals surface area contributed by atoms with Crippen LogP contribution in [0, 0.1) is 0 Å². The van der Waals surface area contributed by atoms with Crippen molar-refractivity contribution in [1.29, 1.82) is 0 Å². The Balaban J connectivity index is 1.87. The number of thiazole rings is 1. The Kier molecular flexibility index (Phi) is 2.58. The third-order valence-corrected chi connectivity index (χ3v) is 3.05. The van der Waals surface area contributed by atoms with Gasteiger partial charge in [0.25, 0.3) is 5.91 Å². The lowest BCUT2D eigenvalue weighted by Gasteiger charge is -2.12. The van der Waals surface area contributed by atoms with Crippen LogP contribution in [0.15, 0.2) is 11.6 Å². The van der Waals surface area contributed by atoms with Gasteiger partial charge in [0, 0.05) is 37.5 Å². The number of hydrogen-bond donors (Lipinski definition) is 0. The zero-order chi connectivity index (χ0) is 9.97. The monoisotopic (exact) mass is 210 g/mol. The first kappa shape index (κ1) is 9.33. The summed E-state index contributed by atoms with van der Waals surface area (Å²) in [7, 11) is 0. The van der Waals surface area contributed by atoms with E-state index in [1.165, 1.54) is 0 Å². The van der Waals surface area contributed by atoms with Crippen LogP contribution in [0.4, 0.5) is 0 Å². The van der Waals surface area contributed by atoms with E-state index in [2.05, 4.69) is 4.98 Å². The van der Waals surface area contributed by atoms with Gasteiger partial charge in [-0.15, -0.1) is 11.3 Å². The van der Waals surface area contributed by atoms with Crippen molar-refractivity contribution < 1.29 is 9.59 Å². The van der Waals surface area contributed by atoms with Crippen LogP contribution in [0.3, 0.4) is 0 Å². The summed E-state index contributed by atoms with van der Waals surface area (Å²) >= 11 is 1.57. The minimum absolute atomic E-state index is 0.260. The highest BCUT2D eigenvalue weighted by molar-refractivity contribution is 7.09. The molecule has 0 N–H and O–H groups in total. The molecule has 5 heteroatoms. The number of hydrogen-bond acceptors (Lipinski definition) is 4. The first-order valence-corrected chi connectivity index (χ1v) is 5.36. The van der Waals surface area contributed by atoms with Crippen LogP contribution in [0.25, 0.3) is 0 Å². The van der Waals surface area contributed by atoms with Gasteiger partial charge in [-0.05, 0) is 0 Å². The predicted molar refractivity (Wildman–Crippen MR) is 52.0 cm³/mol. The van der Waals surface area contributed by atoms with Crippen molar-refractivity contribution >= 4 is 23.0 Å². The first-order valence-electron chi connectivity index (χ1n) is 4.48. The summed E-state index contributed by atoms with van der Waals surface area (Å²) in [5.41, 5.74) is 0. The van der Waals surface area contributed by atoms with E-state index < -0.39 is 0 Å². The standard InChI is InChI=1S/C9H10N2O2S/c12-7-1-4-11(9(7)13)5-2-8-10-3-6-14-8/h3,6H,1-2,4-5H2. The Morgan fingerprint density at radius 2 is 2.36 bits per heavy atom. The van der Waals surface area contributed by atoms with Gasteiger partial charge in [0.2, 0.25) is 5.78 Å². The Bertz CT molecular complexity index is 348. The van der Waals surface area contributed by atoms with Gasteiger partial charge in [-0.3, -0.25) is 9.59 Å². The summed E-state index contributed by atoms with van der Waals surface area (Å²) in [6.07, 6.45) is 2.87. The fraction of sp³-hybridized carbons (Fsp3) is 0.444. The number of carbonyl (C=O) groups is 2. The molecule has 1 saturated heterocycles. The number of nitrogens with zero attached hydrogens (tertiary/aromatic N) is 2. The minimum atomic E-state index is -0.332. The maximum absolute atomic E-state index is 11.2. The summed E-state index contributed by atoms with van der Waals surface area (Å²) < 4.78 is 0. The lowest BCUT2D eigenvalue weighted by atomic mass is 10.3. The molecule has 0 aromatic carbocycles. The molecule has 2 heterocycles. The number of likely N-dealkylation sites (tertiary alicyclic amines) is 1. The van der Waals surface area contributed by atoms with Crippen molar-refractivity contribution in [2.24, 2.45) is 0 Å². The van der Waals surface area contributed by atoms with Crippen molar-refractivity contribution in [3.05, 3.63) is 16.6 Å². The van der Waals surface area contributed by atoms with Gasteiger partial charge < -0.3 is 4.90 Å². The molecule has 1 fully saturated rings. The molecule has 0 radical (unpaired) electrons. The van der Waals surface area contributed by atoms with E-state index in [9.17, 15) is 9.59 Å². The second-order valence-corrected chi connectivity index (χ2v) is 4.12. The largest absolute Gasteiger partial charge is 0.335 e. The summed E-state index contributed by atoms with van der Waals surface area (Å²) in [5, 5.41) is 2.92. The summed E-state index contributed by atoms with van der Waals surface area (Å²) in [5.74, 6) is -0.592. The van der Waals surface area contributed by atoms with Gasteiger partial charge in [-0.2, -0.15) is 0 Å². The molecule has 74 valence electrons. The minimum Gasteiger partial charge on any atom is -0.335 e. The van der Waals surface area contributed by atoms with Crippen LogP contribution in [0.2, 0.25) is 0 Å². The van der Waals surface area contributed by atoms with Crippen LogP contribution >= 0.6 is 11.3 Å². The highest BCUT2D eigenvalue weighted by Gasteiger charge is 2.28. The molecule has 1 aliphatic rings. The number of rotatable bonds is 3. The van der Waals surface area contributed by atoms with Gasteiger partial charge in [0.15, 0.2) is 0 Å². The predicted octanol–water partition coefficient (Wildman–Crippen LogP) is 0.487. The highest BCUT2D eigenvalue weighted by atomic mass is 32.1. The Morgan fingerprint density at radius 1 is 1.50 bits per heavy atom. The molecule has 14 heavy (non-hydrogen) atoms. The number of ketones is 1. The second kappa shape index (κ2) is 3.88. The molecule has 0 saturated carbocycles. The molecule has 1 amide bonds. The molecule has 1 aliphatic heterocycles. The quantitative estimate of drug-likeness (QED) is 0.682. The fourth-order valence-corrected chi connectivity index (χ4v) is 2.05. The van der Waals surface area contributed by atoms with E-state index in [0.29, 0.717) is 19.5 Å². The smallest absolute Gasteiger partial charge is 0.290 e. The molecular formula is C9H10N2O2S. The summed E-state index contributed by atoms with van der Waals surface area (Å²) in [6.45, 7) is 1.18. The molecule has 0 bridgehead atoms. The summed E-state index contributed by atoms with van der Waals surface area (Å²) in [6, 6.07) is 0. The Hall–Kier alpha value is -1.23. The zero-order valence-corrected chi connectivity index (χ0v) is 8.42. The van der Waals surface area contributed by atoms with Crippen molar-refractivity contribution in [2.75, 3.05) is 13.1 Å².